The number of aliphatic imine (C=N–C) groups is 1. The quantitative estimate of drug-likeness (QED) is 0.370. The molecule has 0 fully saturated rings. The van der Waals surface area contributed by atoms with Gasteiger partial charge in [0.05, 0.1) is 18.9 Å². The van der Waals surface area contributed by atoms with Crippen molar-refractivity contribution in [1.29, 1.82) is 0 Å². The summed E-state index contributed by atoms with van der Waals surface area (Å²) in [6.07, 6.45) is 2.55. The summed E-state index contributed by atoms with van der Waals surface area (Å²) >= 11 is 0. The molecular weight excluding hydrogens is 416 g/mol. The molecule has 1 heterocycles. The Morgan fingerprint density at radius 1 is 1.06 bits per heavy atom. The molecule has 0 aliphatic rings. The van der Waals surface area contributed by atoms with Crippen LogP contribution in [0.5, 0.6) is 5.75 Å². The monoisotopic (exact) mass is 448 g/mol. The van der Waals surface area contributed by atoms with Crippen molar-refractivity contribution in [1.82, 2.24) is 10.2 Å². The Labute approximate surface area is 195 Å². The van der Waals surface area contributed by atoms with Crippen LogP contribution in [-0.4, -0.2) is 43.5 Å². The van der Waals surface area contributed by atoms with Crippen LogP contribution in [0.15, 0.2) is 76.3 Å². The van der Waals surface area contributed by atoms with Gasteiger partial charge in [-0.3, -0.25) is 4.79 Å². The molecule has 0 bridgehead atoms. The number of hydrogen-bond donors (Lipinski definition) is 2. The zero-order chi connectivity index (χ0) is 23.6. The van der Waals surface area contributed by atoms with Crippen LogP contribution in [0.3, 0.4) is 0 Å². The van der Waals surface area contributed by atoms with Gasteiger partial charge in [0, 0.05) is 38.3 Å². The van der Waals surface area contributed by atoms with Gasteiger partial charge in [-0.05, 0) is 67.9 Å². The standard InChI is InChI=1S/C26H32N4O3/c1-19(2)33-24-13-11-22(12-14-24)29-26(27-16-15-23-6-5-17-32-23)28-18-20-7-9-21(10-8-20)25(31)30(3)4/h5-14,17,19H,15-16,18H2,1-4H3,(H2,27,28,29). The highest BCUT2D eigenvalue weighted by atomic mass is 16.5. The van der Waals surface area contributed by atoms with Gasteiger partial charge in [0.15, 0.2) is 5.96 Å². The van der Waals surface area contributed by atoms with E-state index in [1.165, 1.54) is 0 Å². The SMILES string of the molecule is CC(C)Oc1ccc(NC(=NCc2ccc(C(=O)N(C)C)cc2)NCCc2ccco2)cc1. The van der Waals surface area contributed by atoms with Crippen molar-refractivity contribution in [2.24, 2.45) is 4.99 Å². The van der Waals surface area contributed by atoms with E-state index in [9.17, 15) is 4.79 Å². The van der Waals surface area contributed by atoms with Gasteiger partial charge in [-0.2, -0.15) is 0 Å². The summed E-state index contributed by atoms with van der Waals surface area (Å²) in [6.45, 7) is 5.15. The molecule has 2 aromatic carbocycles. The molecule has 0 unspecified atom stereocenters. The third-order valence-electron chi connectivity index (χ3n) is 4.76. The van der Waals surface area contributed by atoms with Crippen molar-refractivity contribution in [2.75, 3.05) is 26.0 Å². The second-order valence-corrected chi connectivity index (χ2v) is 8.13. The average molecular weight is 449 g/mol. The van der Waals surface area contributed by atoms with Crippen molar-refractivity contribution in [3.05, 3.63) is 83.8 Å². The summed E-state index contributed by atoms with van der Waals surface area (Å²) in [4.78, 5) is 18.4. The molecular formula is C26H32N4O3. The van der Waals surface area contributed by atoms with E-state index in [-0.39, 0.29) is 12.0 Å². The molecule has 0 spiro atoms. The van der Waals surface area contributed by atoms with Crippen LogP contribution < -0.4 is 15.4 Å². The predicted molar refractivity (Wildman–Crippen MR) is 132 cm³/mol. The lowest BCUT2D eigenvalue weighted by molar-refractivity contribution is 0.0827. The molecule has 0 aliphatic carbocycles. The third kappa shape index (κ3) is 7.71. The summed E-state index contributed by atoms with van der Waals surface area (Å²) in [7, 11) is 3.49. The average Bonchev–Trinajstić information content (AvgIpc) is 3.31. The van der Waals surface area contributed by atoms with Crippen molar-refractivity contribution >= 4 is 17.6 Å². The molecule has 174 valence electrons. The Kier molecular flexibility index (Phi) is 8.52. The Bertz CT molecular complexity index is 1020. The number of amides is 1. The lowest BCUT2D eigenvalue weighted by Gasteiger charge is -2.14. The molecule has 33 heavy (non-hydrogen) atoms. The number of guanidine groups is 1. The predicted octanol–water partition coefficient (Wildman–Crippen LogP) is 4.57. The van der Waals surface area contributed by atoms with E-state index in [0.29, 0.717) is 24.6 Å². The van der Waals surface area contributed by atoms with Gasteiger partial charge in [0.25, 0.3) is 5.91 Å². The molecule has 3 rings (SSSR count). The summed E-state index contributed by atoms with van der Waals surface area (Å²) in [5.41, 5.74) is 2.58. The molecule has 0 radical (unpaired) electrons. The van der Waals surface area contributed by atoms with E-state index in [0.717, 1.165) is 29.2 Å². The number of carbonyl (C=O) groups excluding carboxylic acids is 1. The Morgan fingerprint density at radius 2 is 1.79 bits per heavy atom. The summed E-state index contributed by atoms with van der Waals surface area (Å²) < 4.78 is 11.1. The number of carbonyl (C=O) groups is 1. The largest absolute Gasteiger partial charge is 0.491 e. The van der Waals surface area contributed by atoms with E-state index in [1.54, 1.807) is 25.3 Å². The molecule has 0 aliphatic heterocycles. The first-order valence-electron chi connectivity index (χ1n) is 11.1. The van der Waals surface area contributed by atoms with Crippen LogP contribution >= 0.6 is 0 Å². The number of ether oxygens (including phenoxy) is 1. The maximum absolute atomic E-state index is 12.1. The topological polar surface area (TPSA) is 79.1 Å². The second-order valence-electron chi connectivity index (χ2n) is 8.13. The lowest BCUT2D eigenvalue weighted by atomic mass is 10.1. The summed E-state index contributed by atoms with van der Waals surface area (Å²) in [6, 6.07) is 19.1. The zero-order valence-electron chi connectivity index (χ0n) is 19.7. The molecule has 3 aromatic rings. The molecule has 0 atom stereocenters. The van der Waals surface area contributed by atoms with Crippen LogP contribution in [0.2, 0.25) is 0 Å². The van der Waals surface area contributed by atoms with E-state index < -0.39 is 0 Å². The number of nitrogens with zero attached hydrogens (tertiary/aromatic N) is 2. The minimum absolute atomic E-state index is 0.0168. The van der Waals surface area contributed by atoms with Crippen molar-refractivity contribution in [3.63, 3.8) is 0 Å². The van der Waals surface area contributed by atoms with Crippen LogP contribution in [0.1, 0.15) is 35.5 Å². The fourth-order valence-electron chi connectivity index (χ4n) is 3.11. The van der Waals surface area contributed by atoms with Crippen molar-refractivity contribution in [2.45, 2.75) is 32.9 Å². The number of anilines is 1. The first-order chi connectivity index (χ1) is 15.9. The molecule has 7 nitrogen and oxygen atoms in total. The first-order valence-corrected chi connectivity index (χ1v) is 11.1. The normalized spacial score (nSPS) is 11.4. The number of rotatable bonds is 9. The lowest BCUT2D eigenvalue weighted by Crippen LogP contribution is -2.32. The maximum Gasteiger partial charge on any atom is 0.253 e. The highest BCUT2D eigenvalue weighted by molar-refractivity contribution is 5.94. The fourth-order valence-corrected chi connectivity index (χ4v) is 3.11. The molecule has 1 amide bonds. The van der Waals surface area contributed by atoms with Gasteiger partial charge < -0.3 is 24.7 Å². The Morgan fingerprint density at radius 3 is 2.39 bits per heavy atom. The molecule has 0 saturated heterocycles. The van der Waals surface area contributed by atoms with Gasteiger partial charge in [-0.15, -0.1) is 0 Å². The zero-order valence-corrected chi connectivity index (χ0v) is 19.7. The van der Waals surface area contributed by atoms with Crippen molar-refractivity contribution < 1.29 is 13.9 Å². The molecule has 0 saturated carbocycles. The highest BCUT2D eigenvalue weighted by Gasteiger charge is 2.08. The number of hydrogen-bond acceptors (Lipinski definition) is 4. The van der Waals surface area contributed by atoms with Crippen LogP contribution in [0.4, 0.5) is 5.69 Å². The van der Waals surface area contributed by atoms with Gasteiger partial charge >= 0.3 is 0 Å². The molecule has 2 N–H and O–H groups in total. The van der Waals surface area contributed by atoms with Crippen LogP contribution in [0, 0.1) is 0 Å². The maximum atomic E-state index is 12.1. The number of nitrogens with one attached hydrogen (secondary N) is 2. The second kappa shape index (κ2) is 11.8. The minimum atomic E-state index is -0.0168. The van der Waals surface area contributed by atoms with Crippen LogP contribution in [-0.2, 0) is 13.0 Å². The van der Waals surface area contributed by atoms with Crippen molar-refractivity contribution in [3.8, 4) is 5.75 Å². The van der Waals surface area contributed by atoms with Gasteiger partial charge in [0.2, 0.25) is 0 Å². The first kappa shape index (κ1) is 23.9. The smallest absolute Gasteiger partial charge is 0.253 e. The Balaban J connectivity index is 1.67. The summed E-state index contributed by atoms with van der Waals surface area (Å²) in [5, 5.41) is 6.70. The minimum Gasteiger partial charge on any atom is -0.491 e. The fraction of sp³-hybridized carbons (Fsp3) is 0.308. The van der Waals surface area contributed by atoms with Gasteiger partial charge in [-0.25, -0.2) is 4.99 Å². The van der Waals surface area contributed by atoms with E-state index >= 15 is 0 Å². The third-order valence-corrected chi connectivity index (χ3v) is 4.76. The van der Waals surface area contributed by atoms with Crippen LogP contribution in [0.25, 0.3) is 0 Å². The van der Waals surface area contributed by atoms with E-state index in [1.807, 2.05) is 74.5 Å². The van der Waals surface area contributed by atoms with E-state index in [4.69, 9.17) is 14.1 Å². The number of benzene rings is 2. The van der Waals surface area contributed by atoms with Gasteiger partial charge in [0.1, 0.15) is 11.5 Å². The Hall–Kier alpha value is -3.74. The van der Waals surface area contributed by atoms with Gasteiger partial charge in [-0.1, -0.05) is 12.1 Å². The summed E-state index contributed by atoms with van der Waals surface area (Å²) in [5.74, 6) is 2.38. The molecule has 1 aromatic heterocycles. The highest BCUT2D eigenvalue weighted by Crippen LogP contribution is 2.17. The molecule has 7 heteroatoms. The van der Waals surface area contributed by atoms with E-state index in [2.05, 4.69) is 10.6 Å². The number of furan rings is 1.